The van der Waals surface area contributed by atoms with Gasteiger partial charge in [-0.05, 0) is 32.0 Å². The number of benzene rings is 1. The molecule has 2 aromatic rings. The Morgan fingerprint density at radius 1 is 1.35 bits per heavy atom. The third-order valence-electron chi connectivity index (χ3n) is 2.90. The fourth-order valence-electron chi connectivity index (χ4n) is 1.82. The molecule has 0 radical (unpaired) electrons. The number of rotatable bonds is 5. The predicted molar refractivity (Wildman–Crippen MR) is 81.1 cm³/mol. The highest BCUT2D eigenvalue weighted by atomic mass is 16.5. The minimum Gasteiger partial charge on any atom is -0.506 e. The Kier molecular flexibility index (Phi) is 4.75. The second-order valence-corrected chi connectivity index (χ2v) is 4.56. The molecule has 0 saturated carbocycles. The highest BCUT2D eigenvalue weighted by molar-refractivity contribution is 5.95. The lowest BCUT2D eigenvalue weighted by Gasteiger charge is -2.12. The van der Waals surface area contributed by atoms with E-state index in [9.17, 15) is 14.7 Å². The molecule has 1 aromatic heterocycles. The number of phenols is 1. The molecule has 2 rings (SSSR count). The predicted octanol–water partition coefficient (Wildman–Crippen LogP) is 2.11. The number of carbonyl (C=O) groups excluding carboxylic acids is 1. The van der Waals surface area contributed by atoms with Crippen molar-refractivity contribution < 1.29 is 24.5 Å². The number of aryl methyl sites for hydroxylation is 1. The van der Waals surface area contributed by atoms with Crippen LogP contribution >= 0.6 is 0 Å². The van der Waals surface area contributed by atoms with Gasteiger partial charge < -0.3 is 20.3 Å². The van der Waals surface area contributed by atoms with E-state index in [0.717, 1.165) is 6.07 Å². The van der Waals surface area contributed by atoms with Crippen molar-refractivity contribution in [1.29, 1.82) is 0 Å². The number of aromatic carboxylic acids is 1. The Bertz CT molecular complexity index is 761. The van der Waals surface area contributed by atoms with E-state index in [4.69, 9.17) is 9.84 Å². The number of carbonyl (C=O) groups is 2. The van der Waals surface area contributed by atoms with Gasteiger partial charge >= 0.3 is 11.9 Å². The van der Waals surface area contributed by atoms with Crippen LogP contribution in [0.3, 0.4) is 0 Å². The van der Waals surface area contributed by atoms with Crippen LogP contribution in [0.4, 0.5) is 11.5 Å². The van der Waals surface area contributed by atoms with Crippen LogP contribution in [0.25, 0.3) is 0 Å². The van der Waals surface area contributed by atoms with Crippen molar-refractivity contribution in [3.05, 3.63) is 41.3 Å². The van der Waals surface area contributed by atoms with E-state index < -0.39 is 11.9 Å². The van der Waals surface area contributed by atoms with Gasteiger partial charge in [0.05, 0.1) is 17.9 Å². The average Bonchev–Trinajstić information content (AvgIpc) is 2.49. The van der Waals surface area contributed by atoms with E-state index in [1.807, 2.05) is 0 Å². The van der Waals surface area contributed by atoms with Crippen molar-refractivity contribution in [3.63, 3.8) is 0 Å². The molecule has 3 N–H and O–H groups in total. The smallest absolute Gasteiger partial charge is 0.343 e. The van der Waals surface area contributed by atoms with Crippen LogP contribution in [0, 0.1) is 6.92 Å². The van der Waals surface area contributed by atoms with E-state index in [2.05, 4.69) is 15.3 Å². The number of hydrogen-bond donors (Lipinski definition) is 3. The summed E-state index contributed by atoms with van der Waals surface area (Å²) in [6.45, 7) is 3.52. The fraction of sp³-hybridized carbons (Fsp3) is 0.200. The van der Waals surface area contributed by atoms with Gasteiger partial charge in [-0.2, -0.15) is 0 Å². The van der Waals surface area contributed by atoms with Gasteiger partial charge in [-0.3, -0.25) is 0 Å². The summed E-state index contributed by atoms with van der Waals surface area (Å²) in [5, 5.41) is 21.6. The maximum Gasteiger partial charge on any atom is 0.343 e. The number of ether oxygens (including phenoxy) is 1. The van der Waals surface area contributed by atoms with Crippen molar-refractivity contribution in [2.75, 3.05) is 11.9 Å². The first-order valence-electron chi connectivity index (χ1n) is 6.76. The molecule has 0 atom stereocenters. The molecule has 120 valence electrons. The van der Waals surface area contributed by atoms with Gasteiger partial charge in [0.25, 0.3) is 0 Å². The number of aromatic nitrogens is 2. The number of anilines is 2. The Hall–Kier alpha value is -3.16. The molecule has 1 heterocycles. The summed E-state index contributed by atoms with van der Waals surface area (Å²) in [7, 11) is 0. The topological polar surface area (TPSA) is 122 Å². The standard InChI is InChI=1S/C15H15N3O5/c1-3-23-15(22)10-7-16-8(2)17-13(10)18-11-5-4-9(14(20)21)6-12(11)19/h4-7,19H,3H2,1-2H3,(H,20,21)(H,16,17,18). The molecule has 0 saturated heterocycles. The van der Waals surface area contributed by atoms with Gasteiger partial charge in [-0.25, -0.2) is 19.6 Å². The number of esters is 1. The summed E-state index contributed by atoms with van der Waals surface area (Å²) in [5.41, 5.74) is 0.260. The summed E-state index contributed by atoms with van der Waals surface area (Å²) in [6.07, 6.45) is 1.32. The van der Waals surface area contributed by atoms with Crippen molar-refractivity contribution in [3.8, 4) is 5.75 Å². The van der Waals surface area contributed by atoms with Gasteiger partial charge in [0.2, 0.25) is 0 Å². The Morgan fingerprint density at radius 3 is 2.70 bits per heavy atom. The average molecular weight is 317 g/mol. The Labute approximate surface area is 131 Å². The number of carboxylic acid groups (broad SMARTS) is 1. The molecule has 0 unspecified atom stereocenters. The summed E-state index contributed by atoms with van der Waals surface area (Å²) >= 11 is 0. The molecule has 0 aliphatic carbocycles. The SMILES string of the molecule is CCOC(=O)c1cnc(C)nc1Nc1ccc(C(=O)O)cc1O. The monoisotopic (exact) mass is 317 g/mol. The quantitative estimate of drug-likeness (QED) is 0.566. The summed E-state index contributed by atoms with van der Waals surface area (Å²) in [6, 6.07) is 3.80. The molecule has 0 spiro atoms. The Morgan fingerprint density at radius 2 is 2.09 bits per heavy atom. The van der Waals surface area contributed by atoms with Crippen LogP contribution in [0.15, 0.2) is 24.4 Å². The largest absolute Gasteiger partial charge is 0.506 e. The minimum atomic E-state index is -1.16. The van der Waals surface area contributed by atoms with Crippen molar-refractivity contribution in [2.24, 2.45) is 0 Å². The molecule has 0 bridgehead atoms. The third-order valence-corrected chi connectivity index (χ3v) is 2.90. The number of phenolic OH excluding ortho intramolecular Hbond substituents is 1. The molecule has 8 heteroatoms. The highest BCUT2D eigenvalue weighted by Gasteiger charge is 2.17. The zero-order valence-corrected chi connectivity index (χ0v) is 12.5. The number of hydrogen-bond acceptors (Lipinski definition) is 7. The van der Waals surface area contributed by atoms with Gasteiger partial charge in [0, 0.05) is 6.20 Å². The van der Waals surface area contributed by atoms with Crippen molar-refractivity contribution in [1.82, 2.24) is 9.97 Å². The molecule has 0 amide bonds. The van der Waals surface area contributed by atoms with Crippen molar-refractivity contribution in [2.45, 2.75) is 13.8 Å². The Balaban J connectivity index is 2.38. The van der Waals surface area contributed by atoms with E-state index in [1.165, 1.54) is 18.3 Å². The maximum atomic E-state index is 11.9. The highest BCUT2D eigenvalue weighted by Crippen LogP contribution is 2.28. The van der Waals surface area contributed by atoms with E-state index in [-0.39, 0.29) is 35.0 Å². The molecule has 1 aromatic carbocycles. The zero-order valence-electron chi connectivity index (χ0n) is 12.5. The van der Waals surface area contributed by atoms with E-state index in [0.29, 0.717) is 5.82 Å². The third kappa shape index (κ3) is 3.73. The first kappa shape index (κ1) is 16.2. The number of nitrogens with one attached hydrogen (secondary N) is 1. The van der Waals surface area contributed by atoms with Gasteiger partial charge in [-0.1, -0.05) is 0 Å². The summed E-state index contributed by atoms with van der Waals surface area (Å²) in [5.74, 6) is -1.46. The molecule has 0 aliphatic rings. The fourth-order valence-corrected chi connectivity index (χ4v) is 1.82. The molecule has 0 aliphatic heterocycles. The van der Waals surface area contributed by atoms with Crippen LogP contribution in [-0.2, 0) is 4.74 Å². The van der Waals surface area contributed by atoms with Gasteiger partial charge in [0.1, 0.15) is 23.0 Å². The summed E-state index contributed by atoms with van der Waals surface area (Å²) in [4.78, 5) is 30.9. The van der Waals surface area contributed by atoms with Gasteiger partial charge in [0.15, 0.2) is 0 Å². The second kappa shape index (κ2) is 6.73. The number of aromatic hydroxyl groups is 1. The molecule has 0 fully saturated rings. The number of carboxylic acids is 1. The molecule has 23 heavy (non-hydrogen) atoms. The molecular weight excluding hydrogens is 302 g/mol. The first-order valence-corrected chi connectivity index (χ1v) is 6.76. The van der Waals surface area contributed by atoms with Crippen LogP contribution in [0.1, 0.15) is 33.5 Å². The maximum absolute atomic E-state index is 11.9. The zero-order chi connectivity index (χ0) is 17.0. The van der Waals surface area contributed by atoms with Crippen LogP contribution in [-0.4, -0.2) is 38.7 Å². The lowest BCUT2D eigenvalue weighted by molar-refractivity contribution is 0.0526. The lowest BCUT2D eigenvalue weighted by Crippen LogP contribution is -2.11. The van der Waals surface area contributed by atoms with Crippen LogP contribution in [0.5, 0.6) is 5.75 Å². The minimum absolute atomic E-state index is 0.0578. The van der Waals surface area contributed by atoms with E-state index in [1.54, 1.807) is 13.8 Å². The number of nitrogens with zero attached hydrogens (tertiary/aromatic N) is 2. The molecular formula is C15H15N3O5. The van der Waals surface area contributed by atoms with Gasteiger partial charge in [-0.15, -0.1) is 0 Å². The van der Waals surface area contributed by atoms with Crippen LogP contribution in [0.2, 0.25) is 0 Å². The summed E-state index contributed by atoms with van der Waals surface area (Å²) < 4.78 is 4.93. The van der Waals surface area contributed by atoms with Crippen LogP contribution < -0.4 is 5.32 Å². The van der Waals surface area contributed by atoms with Crippen molar-refractivity contribution >= 4 is 23.4 Å². The van der Waals surface area contributed by atoms with E-state index >= 15 is 0 Å². The lowest BCUT2D eigenvalue weighted by atomic mass is 10.2. The normalized spacial score (nSPS) is 10.2. The molecule has 8 nitrogen and oxygen atoms in total. The second-order valence-electron chi connectivity index (χ2n) is 4.56. The first-order chi connectivity index (χ1) is 10.9.